The number of nitrogens with zero attached hydrogens (tertiary/aromatic N) is 1. The highest BCUT2D eigenvalue weighted by molar-refractivity contribution is 6.31. The molecule has 4 N–H and O–H groups in total. The minimum Gasteiger partial charge on any atom is -0.399 e. The van der Waals surface area contributed by atoms with E-state index in [1.54, 1.807) is 6.07 Å². The van der Waals surface area contributed by atoms with Crippen molar-refractivity contribution in [3.05, 3.63) is 28.8 Å². The van der Waals surface area contributed by atoms with Crippen molar-refractivity contribution in [2.75, 3.05) is 12.3 Å². The molecule has 4 nitrogen and oxygen atoms in total. The lowest BCUT2D eigenvalue weighted by atomic mass is 9.92. The molecule has 0 aromatic heterocycles. The SMILES string of the molecule is CC1CCC(C(N)=O)CN1Cc1cc(N)ccc1Cl. The highest BCUT2D eigenvalue weighted by Crippen LogP contribution is 2.26. The maximum atomic E-state index is 11.3. The Balaban J connectivity index is 2.12. The smallest absolute Gasteiger partial charge is 0.221 e. The van der Waals surface area contributed by atoms with Gasteiger partial charge in [0.25, 0.3) is 0 Å². The average molecular weight is 282 g/mol. The van der Waals surface area contributed by atoms with Crippen LogP contribution in [-0.2, 0) is 11.3 Å². The summed E-state index contributed by atoms with van der Waals surface area (Å²) in [6, 6.07) is 5.92. The largest absolute Gasteiger partial charge is 0.399 e. The summed E-state index contributed by atoms with van der Waals surface area (Å²) in [7, 11) is 0. The van der Waals surface area contributed by atoms with E-state index in [9.17, 15) is 4.79 Å². The fraction of sp³-hybridized carbons (Fsp3) is 0.500. The van der Waals surface area contributed by atoms with Crippen LogP contribution >= 0.6 is 11.6 Å². The van der Waals surface area contributed by atoms with Crippen LogP contribution in [-0.4, -0.2) is 23.4 Å². The molecule has 0 bridgehead atoms. The molecule has 1 heterocycles. The lowest BCUT2D eigenvalue weighted by molar-refractivity contribution is -0.124. The summed E-state index contributed by atoms with van der Waals surface area (Å²) in [5, 5.41) is 0.711. The number of benzene rings is 1. The van der Waals surface area contributed by atoms with Crippen molar-refractivity contribution >= 4 is 23.2 Å². The summed E-state index contributed by atoms with van der Waals surface area (Å²) in [5.41, 5.74) is 12.9. The monoisotopic (exact) mass is 281 g/mol. The first-order chi connectivity index (χ1) is 8.97. The van der Waals surface area contributed by atoms with Gasteiger partial charge in [0.15, 0.2) is 0 Å². The van der Waals surface area contributed by atoms with E-state index in [2.05, 4.69) is 11.8 Å². The number of nitrogens with two attached hydrogens (primary N) is 2. The number of likely N-dealkylation sites (tertiary alicyclic amines) is 1. The molecule has 1 amide bonds. The summed E-state index contributed by atoms with van der Waals surface area (Å²) in [4.78, 5) is 13.6. The maximum absolute atomic E-state index is 11.3. The molecule has 0 saturated carbocycles. The number of nitrogen functional groups attached to an aromatic ring is 1. The van der Waals surface area contributed by atoms with Crippen molar-refractivity contribution in [3.8, 4) is 0 Å². The zero-order valence-corrected chi connectivity index (χ0v) is 11.9. The van der Waals surface area contributed by atoms with Crippen LogP contribution in [0.2, 0.25) is 5.02 Å². The number of primary amides is 1. The first-order valence-electron chi connectivity index (χ1n) is 6.54. The minimum atomic E-state index is -0.212. The number of hydrogen-bond acceptors (Lipinski definition) is 3. The third kappa shape index (κ3) is 3.39. The van der Waals surface area contributed by atoms with Gasteiger partial charge in [-0.25, -0.2) is 0 Å². The molecular weight excluding hydrogens is 262 g/mol. The molecule has 2 rings (SSSR count). The number of piperidine rings is 1. The first kappa shape index (κ1) is 14.2. The van der Waals surface area contributed by atoms with Gasteiger partial charge >= 0.3 is 0 Å². The Kier molecular flexibility index (Phi) is 4.32. The third-order valence-electron chi connectivity index (χ3n) is 3.86. The summed E-state index contributed by atoms with van der Waals surface area (Å²) in [5.74, 6) is -0.272. The van der Waals surface area contributed by atoms with Crippen molar-refractivity contribution in [1.82, 2.24) is 4.90 Å². The van der Waals surface area contributed by atoms with Gasteiger partial charge in [0.05, 0.1) is 5.92 Å². The molecule has 1 aromatic rings. The van der Waals surface area contributed by atoms with Crippen molar-refractivity contribution < 1.29 is 4.79 Å². The van der Waals surface area contributed by atoms with Crippen LogP contribution in [0.5, 0.6) is 0 Å². The van der Waals surface area contributed by atoms with Crippen molar-refractivity contribution in [2.24, 2.45) is 11.7 Å². The number of carbonyl (C=O) groups is 1. The molecule has 19 heavy (non-hydrogen) atoms. The van der Waals surface area contributed by atoms with E-state index in [1.807, 2.05) is 12.1 Å². The topological polar surface area (TPSA) is 72.4 Å². The molecule has 2 atom stereocenters. The molecule has 1 saturated heterocycles. The van der Waals surface area contributed by atoms with Crippen molar-refractivity contribution in [2.45, 2.75) is 32.4 Å². The zero-order valence-electron chi connectivity index (χ0n) is 11.1. The molecule has 104 valence electrons. The van der Waals surface area contributed by atoms with Gasteiger partial charge in [0.1, 0.15) is 0 Å². The molecule has 0 radical (unpaired) electrons. The van der Waals surface area contributed by atoms with Crippen LogP contribution in [0.15, 0.2) is 18.2 Å². The summed E-state index contributed by atoms with van der Waals surface area (Å²) < 4.78 is 0. The molecule has 1 fully saturated rings. The Morgan fingerprint density at radius 1 is 1.47 bits per heavy atom. The number of halogens is 1. The number of carbonyl (C=O) groups excluding carboxylic acids is 1. The van der Waals surface area contributed by atoms with Gasteiger partial charge in [0, 0.05) is 29.8 Å². The van der Waals surface area contributed by atoms with Gasteiger partial charge in [-0.15, -0.1) is 0 Å². The van der Waals surface area contributed by atoms with Gasteiger partial charge < -0.3 is 11.5 Å². The lowest BCUT2D eigenvalue weighted by Crippen LogP contribution is -2.45. The second-order valence-electron chi connectivity index (χ2n) is 5.31. The van der Waals surface area contributed by atoms with Crippen LogP contribution in [0.1, 0.15) is 25.3 Å². The first-order valence-corrected chi connectivity index (χ1v) is 6.92. The highest BCUT2D eigenvalue weighted by atomic mass is 35.5. The molecule has 5 heteroatoms. The Morgan fingerprint density at radius 3 is 2.89 bits per heavy atom. The van der Waals surface area contributed by atoms with Crippen LogP contribution in [0.4, 0.5) is 5.69 Å². The normalized spacial score (nSPS) is 24.3. The lowest BCUT2D eigenvalue weighted by Gasteiger charge is -2.37. The van der Waals surface area contributed by atoms with E-state index in [0.717, 1.165) is 18.4 Å². The Morgan fingerprint density at radius 2 is 2.21 bits per heavy atom. The molecule has 1 aliphatic rings. The highest BCUT2D eigenvalue weighted by Gasteiger charge is 2.28. The molecule has 1 aliphatic heterocycles. The van der Waals surface area contributed by atoms with Gasteiger partial charge in [-0.05, 0) is 43.5 Å². The van der Waals surface area contributed by atoms with Crippen molar-refractivity contribution in [3.63, 3.8) is 0 Å². The van der Waals surface area contributed by atoms with Gasteiger partial charge in [-0.3, -0.25) is 9.69 Å². The Hall–Kier alpha value is -1.26. The predicted octanol–water partition coefficient (Wildman–Crippen LogP) is 2.01. The number of amides is 1. The number of rotatable bonds is 3. The van der Waals surface area contributed by atoms with Crippen molar-refractivity contribution in [1.29, 1.82) is 0 Å². The Bertz CT molecular complexity index is 478. The Labute approximate surface area is 118 Å². The average Bonchev–Trinajstić information content (AvgIpc) is 2.36. The van der Waals surface area contributed by atoms with Crippen LogP contribution < -0.4 is 11.5 Å². The number of anilines is 1. The standard InChI is InChI=1S/C14H20ClN3O/c1-9-2-3-10(14(17)19)7-18(9)8-11-6-12(16)4-5-13(11)15/h4-6,9-10H,2-3,7-8,16H2,1H3,(H2,17,19). The molecule has 2 unspecified atom stereocenters. The van der Waals surface area contributed by atoms with E-state index in [1.165, 1.54) is 0 Å². The van der Waals surface area contributed by atoms with E-state index >= 15 is 0 Å². The summed E-state index contributed by atoms with van der Waals surface area (Å²) in [6.07, 6.45) is 1.85. The second kappa shape index (κ2) is 5.80. The van der Waals surface area contributed by atoms with E-state index in [0.29, 0.717) is 29.8 Å². The molecule has 0 spiro atoms. The summed E-state index contributed by atoms with van der Waals surface area (Å²) >= 11 is 6.19. The molecule has 0 aliphatic carbocycles. The third-order valence-corrected chi connectivity index (χ3v) is 4.23. The fourth-order valence-corrected chi connectivity index (χ4v) is 2.74. The fourth-order valence-electron chi connectivity index (χ4n) is 2.57. The van der Waals surface area contributed by atoms with Gasteiger partial charge in [-0.1, -0.05) is 11.6 Å². The van der Waals surface area contributed by atoms with Gasteiger partial charge in [-0.2, -0.15) is 0 Å². The van der Waals surface area contributed by atoms with E-state index in [-0.39, 0.29) is 11.8 Å². The van der Waals surface area contributed by atoms with E-state index in [4.69, 9.17) is 23.1 Å². The van der Waals surface area contributed by atoms with E-state index < -0.39 is 0 Å². The predicted molar refractivity (Wildman–Crippen MR) is 77.7 cm³/mol. The second-order valence-corrected chi connectivity index (χ2v) is 5.71. The molecular formula is C14H20ClN3O. The minimum absolute atomic E-state index is 0.0592. The molecule has 1 aromatic carbocycles. The quantitative estimate of drug-likeness (QED) is 0.833. The number of hydrogen-bond donors (Lipinski definition) is 2. The van der Waals surface area contributed by atoms with Crippen LogP contribution in [0, 0.1) is 5.92 Å². The maximum Gasteiger partial charge on any atom is 0.221 e. The van der Waals surface area contributed by atoms with Crippen LogP contribution in [0.3, 0.4) is 0 Å². The zero-order chi connectivity index (χ0) is 14.0. The summed E-state index contributed by atoms with van der Waals surface area (Å²) in [6.45, 7) is 3.56. The van der Waals surface area contributed by atoms with Gasteiger partial charge in [0.2, 0.25) is 5.91 Å². The van der Waals surface area contributed by atoms with Crippen LogP contribution in [0.25, 0.3) is 0 Å².